The summed E-state index contributed by atoms with van der Waals surface area (Å²) in [7, 11) is 0. The number of nitrogens with zero attached hydrogens (tertiary/aromatic N) is 2. The molecule has 2 aliphatic heterocycles. The van der Waals surface area contributed by atoms with Gasteiger partial charge >= 0.3 is 0 Å². The maximum absolute atomic E-state index is 12.6. The number of carbonyl (C=O) groups is 1. The van der Waals surface area contributed by atoms with Crippen molar-refractivity contribution in [2.24, 2.45) is 11.8 Å². The lowest BCUT2D eigenvalue weighted by molar-refractivity contribution is -0.120. The number of piperidine rings is 1. The lowest BCUT2D eigenvalue weighted by Gasteiger charge is -2.35. The van der Waals surface area contributed by atoms with Gasteiger partial charge in [-0.05, 0) is 70.2 Å². The molecule has 1 amide bonds. The summed E-state index contributed by atoms with van der Waals surface area (Å²) in [5.74, 6) is 1.79. The molecule has 7 nitrogen and oxygen atoms in total. The highest BCUT2D eigenvalue weighted by Gasteiger charge is 2.28. The molecule has 0 radical (unpaired) electrons. The van der Waals surface area contributed by atoms with Crippen molar-refractivity contribution >= 4 is 29.1 Å². The number of hydrogen-bond donors (Lipinski definition) is 3. The van der Waals surface area contributed by atoms with Gasteiger partial charge in [-0.25, -0.2) is 9.97 Å². The Kier molecular flexibility index (Phi) is 7.28. The summed E-state index contributed by atoms with van der Waals surface area (Å²) in [6.07, 6.45) is 5.53. The van der Waals surface area contributed by atoms with E-state index in [1.807, 2.05) is 18.2 Å². The van der Waals surface area contributed by atoms with Crippen molar-refractivity contribution in [2.75, 3.05) is 36.9 Å². The van der Waals surface area contributed by atoms with Gasteiger partial charge in [0, 0.05) is 31.5 Å². The van der Waals surface area contributed by atoms with Crippen LogP contribution in [0.15, 0.2) is 30.5 Å². The van der Waals surface area contributed by atoms with E-state index in [2.05, 4.69) is 34.8 Å². The van der Waals surface area contributed by atoms with Crippen LogP contribution in [0.25, 0.3) is 11.3 Å². The van der Waals surface area contributed by atoms with Crippen molar-refractivity contribution in [1.82, 2.24) is 15.3 Å². The zero-order valence-electron chi connectivity index (χ0n) is 18.8. The highest BCUT2D eigenvalue weighted by atomic mass is 35.5. The summed E-state index contributed by atoms with van der Waals surface area (Å²) >= 11 is 6.44. The molecule has 3 N–H and O–H groups in total. The Morgan fingerprint density at radius 3 is 2.97 bits per heavy atom. The largest absolute Gasteiger partial charge is 0.376 e. The third-order valence-electron chi connectivity index (χ3n) is 6.17. The minimum atomic E-state index is -0.0705. The first kappa shape index (κ1) is 23.0. The second-order valence-corrected chi connectivity index (χ2v) is 9.75. The molecular formula is C24H32ClN5O2. The van der Waals surface area contributed by atoms with Crippen LogP contribution in [0.4, 0.5) is 11.6 Å². The maximum Gasteiger partial charge on any atom is 0.229 e. The fraction of sp³-hybridized carbons (Fsp3) is 0.542. The van der Waals surface area contributed by atoms with E-state index in [1.54, 1.807) is 12.3 Å². The Hall–Kier alpha value is -2.22. The smallest absolute Gasteiger partial charge is 0.229 e. The minimum absolute atomic E-state index is 0.0132. The first-order valence-corrected chi connectivity index (χ1v) is 11.8. The number of amides is 1. The van der Waals surface area contributed by atoms with Gasteiger partial charge in [0.05, 0.1) is 22.2 Å². The van der Waals surface area contributed by atoms with E-state index < -0.39 is 0 Å². The first-order chi connectivity index (χ1) is 15.4. The third-order valence-corrected chi connectivity index (χ3v) is 6.47. The molecule has 2 aromatic heterocycles. The number of anilines is 2. The Morgan fingerprint density at radius 2 is 2.19 bits per heavy atom. The van der Waals surface area contributed by atoms with Crippen LogP contribution in [0, 0.1) is 11.8 Å². The van der Waals surface area contributed by atoms with E-state index in [1.165, 1.54) is 0 Å². The number of pyridine rings is 2. The van der Waals surface area contributed by atoms with Gasteiger partial charge in [-0.15, -0.1) is 0 Å². The number of aromatic nitrogens is 2. The van der Waals surface area contributed by atoms with Gasteiger partial charge in [0.2, 0.25) is 5.91 Å². The molecule has 2 saturated heterocycles. The van der Waals surface area contributed by atoms with Gasteiger partial charge in [0.25, 0.3) is 0 Å². The number of rotatable bonds is 6. The maximum atomic E-state index is 12.6. The van der Waals surface area contributed by atoms with Crippen LogP contribution in [0.1, 0.15) is 39.5 Å². The summed E-state index contributed by atoms with van der Waals surface area (Å²) in [4.78, 5) is 21.6. The molecule has 0 unspecified atom stereocenters. The number of halogens is 1. The lowest BCUT2D eigenvalue weighted by Crippen LogP contribution is -2.37. The predicted molar refractivity (Wildman–Crippen MR) is 128 cm³/mol. The van der Waals surface area contributed by atoms with E-state index in [0.29, 0.717) is 23.3 Å². The van der Waals surface area contributed by atoms with Crippen LogP contribution in [0.5, 0.6) is 0 Å². The molecule has 0 saturated carbocycles. The third kappa shape index (κ3) is 5.97. The molecule has 2 atom stereocenters. The van der Waals surface area contributed by atoms with Crippen LogP contribution in [-0.4, -0.2) is 47.7 Å². The van der Waals surface area contributed by atoms with E-state index in [-0.39, 0.29) is 17.4 Å². The normalized spacial score (nSPS) is 22.8. The molecule has 0 spiro atoms. The lowest BCUT2D eigenvalue weighted by atomic mass is 9.88. The van der Waals surface area contributed by atoms with Gasteiger partial charge < -0.3 is 20.7 Å². The van der Waals surface area contributed by atoms with Gasteiger partial charge in [-0.1, -0.05) is 17.7 Å². The number of hydrogen-bond acceptors (Lipinski definition) is 6. The molecule has 8 heteroatoms. The van der Waals surface area contributed by atoms with Crippen molar-refractivity contribution in [2.45, 2.75) is 45.1 Å². The average Bonchev–Trinajstić information content (AvgIpc) is 2.79. The van der Waals surface area contributed by atoms with Crippen molar-refractivity contribution in [3.63, 3.8) is 0 Å². The fourth-order valence-corrected chi connectivity index (χ4v) is 4.67. The summed E-state index contributed by atoms with van der Waals surface area (Å²) in [5, 5.41) is 10.2. The SMILES string of the molecule is CC1(C)C[C@H](CNc2cccc(-c3cc(NC(=O)[C@H]4CCCNC4)ncc3Cl)n2)CCO1. The van der Waals surface area contributed by atoms with Crippen LogP contribution < -0.4 is 16.0 Å². The van der Waals surface area contributed by atoms with Gasteiger partial charge in [0.1, 0.15) is 11.6 Å². The molecule has 0 bridgehead atoms. The van der Waals surface area contributed by atoms with Crippen LogP contribution in [-0.2, 0) is 9.53 Å². The fourth-order valence-electron chi connectivity index (χ4n) is 4.47. The van der Waals surface area contributed by atoms with Crippen LogP contribution >= 0.6 is 11.6 Å². The van der Waals surface area contributed by atoms with E-state index in [4.69, 9.17) is 21.3 Å². The average molecular weight is 458 g/mol. The molecule has 2 aromatic rings. The van der Waals surface area contributed by atoms with Crippen molar-refractivity contribution in [3.8, 4) is 11.3 Å². The summed E-state index contributed by atoms with van der Waals surface area (Å²) in [6.45, 7) is 7.60. The first-order valence-electron chi connectivity index (χ1n) is 11.4. The molecule has 32 heavy (non-hydrogen) atoms. The highest BCUT2D eigenvalue weighted by molar-refractivity contribution is 6.33. The topological polar surface area (TPSA) is 88.2 Å². The molecule has 0 aromatic carbocycles. The van der Waals surface area contributed by atoms with E-state index >= 15 is 0 Å². The molecule has 172 valence electrons. The molecule has 4 heterocycles. The van der Waals surface area contributed by atoms with Crippen LogP contribution in [0.3, 0.4) is 0 Å². The monoisotopic (exact) mass is 457 g/mol. The summed E-state index contributed by atoms with van der Waals surface area (Å²) in [5.41, 5.74) is 1.41. The minimum Gasteiger partial charge on any atom is -0.376 e. The van der Waals surface area contributed by atoms with E-state index in [0.717, 1.165) is 62.5 Å². The van der Waals surface area contributed by atoms with Crippen LogP contribution in [0.2, 0.25) is 5.02 Å². The number of carbonyl (C=O) groups excluding carboxylic acids is 1. The van der Waals surface area contributed by atoms with Gasteiger partial charge in [-0.3, -0.25) is 4.79 Å². The molecule has 2 fully saturated rings. The Morgan fingerprint density at radius 1 is 1.31 bits per heavy atom. The Labute approximate surface area is 194 Å². The zero-order valence-corrected chi connectivity index (χ0v) is 19.5. The molecule has 0 aliphatic carbocycles. The zero-order chi connectivity index (χ0) is 22.6. The number of ether oxygens (including phenoxy) is 1. The van der Waals surface area contributed by atoms with Gasteiger partial charge in [-0.2, -0.15) is 0 Å². The second kappa shape index (κ2) is 10.1. The van der Waals surface area contributed by atoms with Crippen molar-refractivity contribution in [3.05, 3.63) is 35.5 Å². The van der Waals surface area contributed by atoms with Gasteiger partial charge in [0.15, 0.2) is 0 Å². The predicted octanol–water partition coefficient (Wildman–Crippen LogP) is 4.35. The summed E-state index contributed by atoms with van der Waals surface area (Å²) in [6, 6.07) is 7.63. The number of nitrogens with one attached hydrogen (secondary N) is 3. The Bertz CT molecular complexity index is 946. The molecule has 2 aliphatic rings. The van der Waals surface area contributed by atoms with Crippen molar-refractivity contribution in [1.29, 1.82) is 0 Å². The van der Waals surface area contributed by atoms with E-state index in [9.17, 15) is 4.79 Å². The van der Waals surface area contributed by atoms with Crippen molar-refractivity contribution < 1.29 is 9.53 Å². The second-order valence-electron chi connectivity index (χ2n) is 9.34. The highest BCUT2D eigenvalue weighted by Crippen LogP contribution is 2.30. The Balaban J connectivity index is 1.43. The molecule has 4 rings (SSSR count). The quantitative estimate of drug-likeness (QED) is 0.597. The summed E-state index contributed by atoms with van der Waals surface area (Å²) < 4.78 is 5.82. The molecular weight excluding hydrogens is 426 g/mol. The standard InChI is InChI=1S/C24H32ClN5O2/c1-24(2)12-16(8-10-32-24)13-27-21-7-3-6-20(29-21)18-11-22(28-15-19(18)25)30-23(31)17-5-4-9-26-14-17/h3,6-7,11,15-17,26H,4-5,8-10,12-14H2,1-2H3,(H,27,29)(H,28,30,31)/t16-,17+/m1/s1.